The number of carbonyl (C=O) groups excluding carboxylic acids is 2. The highest BCUT2D eigenvalue weighted by atomic mass is 16.5. The number of hydrogen-bond acceptors (Lipinski definition) is 4. The van der Waals surface area contributed by atoms with Crippen molar-refractivity contribution in [3.63, 3.8) is 0 Å². The Hall–Kier alpha value is -2.62. The molecule has 0 atom stereocenters. The number of hydrogen-bond donors (Lipinski definition) is 0. The SMILES string of the molecule is COC(=O)/C=C(/C)Oc1ccc2ccccc2c1C=O. The predicted octanol–water partition coefficient (Wildman–Crippen LogP) is 3.11. The van der Waals surface area contributed by atoms with E-state index in [4.69, 9.17) is 4.74 Å². The maximum Gasteiger partial charge on any atom is 0.333 e. The van der Waals surface area contributed by atoms with Crippen LogP contribution in [0.1, 0.15) is 17.3 Å². The molecule has 2 aromatic carbocycles. The highest BCUT2D eigenvalue weighted by Crippen LogP contribution is 2.27. The van der Waals surface area contributed by atoms with Crippen LogP contribution in [-0.2, 0) is 9.53 Å². The minimum absolute atomic E-state index is 0.357. The van der Waals surface area contributed by atoms with Crippen molar-refractivity contribution < 1.29 is 19.1 Å². The van der Waals surface area contributed by atoms with Gasteiger partial charge in [0.05, 0.1) is 18.7 Å². The third-order valence-electron chi connectivity index (χ3n) is 2.84. The molecule has 0 unspecified atom stereocenters. The highest BCUT2D eigenvalue weighted by molar-refractivity contribution is 6.00. The summed E-state index contributed by atoms with van der Waals surface area (Å²) in [6.07, 6.45) is 1.98. The van der Waals surface area contributed by atoms with E-state index in [1.165, 1.54) is 13.2 Å². The van der Waals surface area contributed by atoms with Gasteiger partial charge in [-0.2, -0.15) is 0 Å². The van der Waals surface area contributed by atoms with Crippen molar-refractivity contribution in [2.45, 2.75) is 6.92 Å². The lowest BCUT2D eigenvalue weighted by atomic mass is 10.0. The molecule has 2 rings (SSSR count). The summed E-state index contributed by atoms with van der Waals surface area (Å²) in [6.45, 7) is 1.63. The molecule has 4 heteroatoms. The van der Waals surface area contributed by atoms with E-state index >= 15 is 0 Å². The number of benzene rings is 2. The number of allylic oxidation sites excluding steroid dienone is 1. The first-order valence-corrected chi connectivity index (χ1v) is 6.06. The van der Waals surface area contributed by atoms with Crippen LogP contribution in [0, 0.1) is 0 Å². The Morgan fingerprint density at radius 1 is 1.15 bits per heavy atom. The quantitative estimate of drug-likeness (QED) is 0.371. The van der Waals surface area contributed by atoms with Crippen molar-refractivity contribution in [3.05, 3.63) is 53.8 Å². The van der Waals surface area contributed by atoms with Gasteiger partial charge in [0.2, 0.25) is 0 Å². The Balaban J connectivity index is 2.42. The standard InChI is InChI=1S/C16H14O4/c1-11(9-16(18)19-2)20-15-8-7-12-5-3-4-6-13(12)14(15)10-17/h3-10H,1-2H3/b11-9-. The second-order valence-corrected chi connectivity index (χ2v) is 4.20. The Kier molecular flexibility index (Phi) is 4.15. The zero-order valence-electron chi connectivity index (χ0n) is 11.3. The van der Waals surface area contributed by atoms with Crippen molar-refractivity contribution in [1.29, 1.82) is 0 Å². The van der Waals surface area contributed by atoms with Gasteiger partial charge in [-0.05, 0) is 23.8 Å². The van der Waals surface area contributed by atoms with Gasteiger partial charge in [0.25, 0.3) is 0 Å². The van der Waals surface area contributed by atoms with Gasteiger partial charge in [-0.1, -0.05) is 30.3 Å². The third kappa shape index (κ3) is 2.85. The molecule has 0 aliphatic heterocycles. The first-order valence-electron chi connectivity index (χ1n) is 6.06. The summed E-state index contributed by atoms with van der Waals surface area (Å²) in [7, 11) is 1.29. The van der Waals surface area contributed by atoms with Gasteiger partial charge in [-0.25, -0.2) is 4.79 Å². The second kappa shape index (κ2) is 6.02. The molecular weight excluding hydrogens is 256 g/mol. The molecule has 0 heterocycles. The average Bonchev–Trinajstić information content (AvgIpc) is 2.46. The molecule has 0 aromatic heterocycles. The summed E-state index contributed by atoms with van der Waals surface area (Å²) in [5, 5.41) is 1.77. The zero-order valence-corrected chi connectivity index (χ0v) is 11.3. The van der Waals surface area contributed by atoms with E-state index in [2.05, 4.69) is 4.74 Å². The molecular formula is C16H14O4. The molecule has 0 amide bonds. The number of fused-ring (bicyclic) bond motifs is 1. The number of rotatable bonds is 4. The minimum atomic E-state index is -0.504. The fourth-order valence-corrected chi connectivity index (χ4v) is 1.91. The molecule has 102 valence electrons. The van der Waals surface area contributed by atoms with Gasteiger partial charge >= 0.3 is 5.97 Å². The van der Waals surface area contributed by atoms with Crippen molar-refractivity contribution >= 4 is 23.0 Å². The van der Waals surface area contributed by atoms with Gasteiger partial charge in [0.15, 0.2) is 6.29 Å². The highest BCUT2D eigenvalue weighted by Gasteiger charge is 2.09. The number of esters is 1. The smallest absolute Gasteiger partial charge is 0.333 e. The van der Waals surface area contributed by atoms with E-state index in [-0.39, 0.29) is 0 Å². The molecule has 4 nitrogen and oxygen atoms in total. The summed E-state index contributed by atoms with van der Waals surface area (Å²) < 4.78 is 10.1. The number of methoxy groups -OCH3 is 1. The van der Waals surface area contributed by atoms with Crippen LogP contribution >= 0.6 is 0 Å². The first-order chi connectivity index (χ1) is 9.65. The Labute approximate surface area is 116 Å². The van der Waals surface area contributed by atoms with Crippen LogP contribution in [0.25, 0.3) is 10.8 Å². The molecule has 0 fully saturated rings. The molecule has 0 saturated heterocycles. The Morgan fingerprint density at radius 2 is 1.90 bits per heavy atom. The normalized spacial score (nSPS) is 11.2. The van der Waals surface area contributed by atoms with E-state index in [1.54, 1.807) is 13.0 Å². The molecule has 2 aromatic rings. The molecule has 0 saturated carbocycles. The van der Waals surface area contributed by atoms with Crippen LogP contribution in [-0.4, -0.2) is 19.4 Å². The van der Waals surface area contributed by atoms with E-state index in [0.717, 1.165) is 17.1 Å². The molecule has 0 bridgehead atoms. The van der Waals surface area contributed by atoms with Gasteiger partial charge in [0, 0.05) is 0 Å². The monoisotopic (exact) mass is 270 g/mol. The molecule has 0 radical (unpaired) electrons. The Bertz CT molecular complexity index is 686. The fraction of sp³-hybridized carbons (Fsp3) is 0.125. The van der Waals surface area contributed by atoms with E-state index in [9.17, 15) is 9.59 Å². The van der Waals surface area contributed by atoms with Gasteiger partial charge < -0.3 is 9.47 Å². The zero-order chi connectivity index (χ0) is 14.5. The van der Waals surface area contributed by atoms with Crippen LogP contribution in [0.15, 0.2) is 48.2 Å². The maximum atomic E-state index is 11.3. The lowest BCUT2D eigenvalue weighted by molar-refractivity contribution is -0.135. The van der Waals surface area contributed by atoms with Gasteiger partial charge in [-0.3, -0.25) is 4.79 Å². The lowest BCUT2D eigenvalue weighted by Gasteiger charge is -2.10. The van der Waals surface area contributed by atoms with Gasteiger partial charge in [-0.15, -0.1) is 0 Å². The summed E-state index contributed by atoms with van der Waals surface area (Å²) >= 11 is 0. The predicted molar refractivity (Wildman–Crippen MR) is 75.7 cm³/mol. The fourth-order valence-electron chi connectivity index (χ4n) is 1.91. The molecule has 0 spiro atoms. The van der Waals surface area contributed by atoms with Crippen LogP contribution in [0.2, 0.25) is 0 Å². The summed E-state index contributed by atoms with van der Waals surface area (Å²) in [4.78, 5) is 22.4. The van der Waals surface area contributed by atoms with Crippen molar-refractivity contribution in [2.24, 2.45) is 0 Å². The molecule has 20 heavy (non-hydrogen) atoms. The van der Waals surface area contributed by atoms with Gasteiger partial charge in [0.1, 0.15) is 11.5 Å². The van der Waals surface area contributed by atoms with E-state index in [1.807, 2.05) is 30.3 Å². The number of aldehydes is 1. The van der Waals surface area contributed by atoms with Crippen molar-refractivity contribution in [2.75, 3.05) is 7.11 Å². The number of carbonyl (C=O) groups is 2. The molecule has 0 N–H and O–H groups in total. The van der Waals surface area contributed by atoms with Crippen LogP contribution < -0.4 is 4.74 Å². The first kappa shape index (κ1) is 13.8. The van der Waals surface area contributed by atoms with Crippen LogP contribution in [0.3, 0.4) is 0 Å². The molecule has 0 aliphatic carbocycles. The largest absolute Gasteiger partial charge is 0.466 e. The second-order valence-electron chi connectivity index (χ2n) is 4.20. The third-order valence-corrected chi connectivity index (χ3v) is 2.84. The van der Waals surface area contributed by atoms with Crippen LogP contribution in [0.4, 0.5) is 0 Å². The minimum Gasteiger partial charge on any atom is -0.466 e. The summed E-state index contributed by atoms with van der Waals surface area (Å²) in [6, 6.07) is 11.1. The lowest BCUT2D eigenvalue weighted by Crippen LogP contribution is -2.01. The maximum absolute atomic E-state index is 11.3. The van der Waals surface area contributed by atoms with Crippen LogP contribution in [0.5, 0.6) is 5.75 Å². The Morgan fingerprint density at radius 3 is 2.60 bits per heavy atom. The van der Waals surface area contributed by atoms with E-state index < -0.39 is 5.97 Å². The van der Waals surface area contributed by atoms with Crippen molar-refractivity contribution in [3.8, 4) is 5.75 Å². The number of ether oxygens (including phenoxy) is 2. The average molecular weight is 270 g/mol. The summed E-state index contributed by atoms with van der Waals surface area (Å²) in [5.41, 5.74) is 0.459. The van der Waals surface area contributed by atoms with Crippen molar-refractivity contribution in [1.82, 2.24) is 0 Å². The summed E-state index contributed by atoms with van der Waals surface area (Å²) in [5.74, 6) is 0.266. The topological polar surface area (TPSA) is 52.6 Å². The molecule has 0 aliphatic rings. The van der Waals surface area contributed by atoms with E-state index in [0.29, 0.717) is 17.1 Å².